The van der Waals surface area contributed by atoms with Gasteiger partial charge in [-0.25, -0.2) is 9.97 Å². The van der Waals surface area contributed by atoms with E-state index in [1.54, 1.807) is 0 Å². The average Bonchev–Trinajstić information content (AvgIpc) is 2.36. The SMILES string of the molecule is CC(C)Nc1ncnc(Nc2ccc(I)cc2)c1N. The molecule has 0 spiro atoms. The highest BCUT2D eigenvalue weighted by Crippen LogP contribution is 2.26. The Labute approximate surface area is 126 Å². The molecule has 0 saturated heterocycles. The monoisotopic (exact) mass is 369 g/mol. The number of nitrogens with two attached hydrogens (primary N) is 1. The van der Waals surface area contributed by atoms with Gasteiger partial charge in [-0.1, -0.05) is 0 Å². The van der Waals surface area contributed by atoms with Crippen molar-refractivity contribution in [1.82, 2.24) is 9.97 Å². The van der Waals surface area contributed by atoms with Crippen molar-refractivity contribution in [3.8, 4) is 0 Å². The number of benzene rings is 1. The Morgan fingerprint density at radius 3 is 2.37 bits per heavy atom. The molecule has 1 heterocycles. The average molecular weight is 369 g/mol. The lowest BCUT2D eigenvalue weighted by Crippen LogP contribution is -2.14. The first-order valence-corrected chi connectivity index (χ1v) is 7.03. The van der Waals surface area contributed by atoms with Gasteiger partial charge in [-0.05, 0) is 60.7 Å². The van der Waals surface area contributed by atoms with E-state index in [0.717, 1.165) is 5.69 Å². The van der Waals surface area contributed by atoms with Crippen LogP contribution in [-0.4, -0.2) is 16.0 Å². The molecule has 100 valence electrons. The Bertz CT molecular complexity index is 553. The second kappa shape index (κ2) is 6.05. The summed E-state index contributed by atoms with van der Waals surface area (Å²) >= 11 is 2.26. The molecular formula is C13H16IN5. The first-order valence-electron chi connectivity index (χ1n) is 5.96. The minimum atomic E-state index is 0.267. The Balaban J connectivity index is 2.23. The lowest BCUT2D eigenvalue weighted by atomic mass is 10.3. The molecule has 6 heteroatoms. The zero-order chi connectivity index (χ0) is 13.8. The molecule has 0 aliphatic carbocycles. The molecule has 0 aliphatic rings. The van der Waals surface area contributed by atoms with Crippen molar-refractivity contribution in [2.75, 3.05) is 16.4 Å². The van der Waals surface area contributed by atoms with Crippen molar-refractivity contribution >= 4 is 45.6 Å². The third-order valence-corrected chi connectivity index (χ3v) is 3.14. The van der Waals surface area contributed by atoms with E-state index in [1.165, 1.54) is 9.90 Å². The summed E-state index contributed by atoms with van der Waals surface area (Å²) in [5.41, 5.74) is 7.53. The van der Waals surface area contributed by atoms with Crippen LogP contribution in [0, 0.1) is 3.57 Å². The molecule has 0 saturated carbocycles. The molecule has 19 heavy (non-hydrogen) atoms. The fraction of sp³-hybridized carbons (Fsp3) is 0.231. The number of nitrogen functional groups attached to an aromatic ring is 1. The Morgan fingerprint density at radius 1 is 1.11 bits per heavy atom. The van der Waals surface area contributed by atoms with Crippen LogP contribution in [0.2, 0.25) is 0 Å². The number of hydrogen-bond donors (Lipinski definition) is 3. The van der Waals surface area contributed by atoms with E-state index in [0.29, 0.717) is 17.3 Å². The number of rotatable bonds is 4. The van der Waals surface area contributed by atoms with Crippen LogP contribution in [0.1, 0.15) is 13.8 Å². The second-order valence-corrected chi connectivity index (χ2v) is 5.66. The van der Waals surface area contributed by atoms with Gasteiger partial charge in [-0.2, -0.15) is 0 Å². The summed E-state index contributed by atoms with van der Waals surface area (Å²) in [7, 11) is 0. The maximum atomic E-state index is 6.06. The van der Waals surface area contributed by atoms with Gasteiger partial charge in [-0.15, -0.1) is 0 Å². The second-order valence-electron chi connectivity index (χ2n) is 4.42. The summed E-state index contributed by atoms with van der Waals surface area (Å²) in [6.07, 6.45) is 1.50. The van der Waals surface area contributed by atoms with Gasteiger partial charge in [-0.3, -0.25) is 0 Å². The molecule has 1 aromatic carbocycles. The Hall–Kier alpha value is -1.57. The third-order valence-electron chi connectivity index (χ3n) is 2.42. The molecule has 0 bridgehead atoms. The third kappa shape index (κ3) is 3.69. The van der Waals surface area contributed by atoms with Gasteiger partial charge in [0.05, 0.1) is 0 Å². The van der Waals surface area contributed by atoms with Crippen LogP contribution in [0.15, 0.2) is 30.6 Å². The molecule has 4 N–H and O–H groups in total. The van der Waals surface area contributed by atoms with Crippen LogP contribution >= 0.6 is 22.6 Å². The first kappa shape index (κ1) is 13.9. The fourth-order valence-electron chi connectivity index (χ4n) is 1.55. The predicted octanol–water partition coefficient (Wildman–Crippen LogP) is 3.23. The van der Waals surface area contributed by atoms with Crippen LogP contribution in [0.25, 0.3) is 0 Å². The topological polar surface area (TPSA) is 75.9 Å². The van der Waals surface area contributed by atoms with E-state index < -0.39 is 0 Å². The van der Waals surface area contributed by atoms with Gasteiger partial charge in [0.25, 0.3) is 0 Å². The van der Waals surface area contributed by atoms with Crippen LogP contribution in [-0.2, 0) is 0 Å². The van der Waals surface area contributed by atoms with Crippen LogP contribution in [0.5, 0.6) is 0 Å². The summed E-state index contributed by atoms with van der Waals surface area (Å²) in [6.45, 7) is 4.07. The molecular weight excluding hydrogens is 353 g/mol. The van der Waals surface area contributed by atoms with E-state index in [1.807, 2.05) is 38.1 Å². The summed E-state index contributed by atoms with van der Waals surface area (Å²) in [4.78, 5) is 8.32. The first-order chi connectivity index (χ1) is 9.06. The van der Waals surface area contributed by atoms with Crippen molar-refractivity contribution < 1.29 is 0 Å². The largest absolute Gasteiger partial charge is 0.393 e. The highest BCUT2D eigenvalue weighted by atomic mass is 127. The lowest BCUT2D eigenvalue weighted by Gasteiger charge is -2.14. The van der Waals surface area contributed by atoms with Gasteiger partial charge in [0.1, 0.15) is 12.0 Å². The number of halogens is 1. The number of hydrogen-bond acceptors (Lipinski definition) is 5. The van der Waals surface area contributed by atoms with Crippen molar-refractivity contribution in [1.29, 1.82) is 0 Å². The minimum Gasteiger partial charge on any atom is -0.393 e. The van der Waals surface area contributed by atoms with Crippen LogP contribution in [0.4, 0.5) is 23.0 Å². The summed E-state index contributed by atoms with van der Waals surface area (Å²) < 4.78 is 1.18. The van der Waals surface area contributed by atoms with Gasteiger partial charge < -0.3 is 16.4 Å². The Kier molecular flexibility index (Phi) is 4.41. The molecule has 0 atom stereocenters. The van der Waals surface area contributed by atoms with Crippen molar-refractivity contribution in [2.45, 2.75) is 19.9 Å². The summed E-state index contributed by atoms with van der Waals surface area (Å²) in [5, 5.41) is 6.38. The van der Waals surface area contributed by atoms with E-state index in [2.05, 4.69) is 43.2 Å². The van der Waals surface area contributed by atoms with Gasteiger partial charge in [0, 0.05) is 15.3 Å². The van der Waals surface area contributed by atoms with E-state index >= 15 is 0 Å². The minimum absolute atomic E-state index is 0.267. The maximum Gasteiger partial charge on any atom is 0.159 e. The van der Waals surface area contributed by atoms with Crippen molar-refractivity contribution in [2.24, 2.45) is 0 Å². The van der Waals surface area contributed by atoms with Gasteiger partial charge in [0.2, 0.25) is 0 Å². The molecule has 0 radical (unpaired) electrons. The number of nitrogens with one attached hydrogen (secondary N) is 2. The van der Waals surface area contributed by atoms with E-state index in [-0.39, 0.29) is 6.04 Å². The van der Waals surface area contributed by atoms with E-state index in [9.17, 15) is 0 Å². The standard InChI is InChI=1S/C13H16IN5/c1-8(2)18-12-11(15)13(17-7-16-12)19-10-5-3-9(14)4-6-10/h3-8H,15H2,1-2H3,(H2,16,17,18,19). The zero-order valence-electron chi connectivity index (χ0n) is 10.8. The number of nitrogens with zero attached hydrogens (tertiary/aromatic N) is 2. The molecule has 2 aromatic rings. The predicted molar refractivity (Wildman–Crippen MR) is 87.6 cm³/mol. The van der Waals surface area contributed by atoms with Crippen molar-refractivity contribution in [3.05, 3.63) is 34.2 Å². The molecule has 0 amide bonds. The quantitative estimate of drug-likeness (QED) is 0.722. The lowest BCUT2D eigenvalue weighted by molar-refractivity contribution is 0.887. The molecule has 1 aromatic heterocycles. The molecule has 0 aliphatic heterocycles. The molecule has 5 nitrogen and oxygen atoms in total. The van der Waals surface area contributed by atoms with Crippen LogP contribution in [0.3, 0.4) is 0 Å². The smallest absolute Gasteiger partial charge is 0.159 e. The normalized spacial score (nSPS) is 10.5. The highest BCUT2D eigenvalue weighted by Gasteiger charge is 2.08. The molecule has 0 fully saturated rings. The Morgan fingerprint density at radius 2 is 1.74 bits per heavy atom. The summed E-state index contributed by atoms with van der Waals surface area (Å²) in [6, 6.07) is 8.28. The zero-order valence-corrected chi connectivity index (χ0v) is 13.0. The van der Waals surface area contributed by atoms with Crippen molar-refractivity contribution in [3.63, 3.8) is 0 Å². The number of aromatic nitrogens is 2. The van der Waals surface area contributed by atoms with Gasteiger partial charge in [0.15, 0.2) is 11.6 Å². The summed E-state index contributed by atoms with van der Waals surface area (Å²) in [5.74, 6) is 1.26. The number of anilines is 4. The highest BCUT2D eigenvalue weighted by molar-refractivity contribution is 14.1. The van der Waals surface area contributed by atoms with Gasteiger partial charge >= 0.3 is 0 Å². The molecule has 2 rings (SSSR count). The van der Waals surface area contributed by atoms with E-state index in [4.69, 9.17) is 5.73 Å². The maximum absolute atomic E-state index is 6.06. The van der Waals surface area contributed by atoms with Crippen LogP contribution < -0.4 is 16.4 Å². The molecule has 0 unspecified atom stereocenters. The fourth-order valence-corrected chi connectivity index (χ4v) is 1.91.